The molecule has 0 radical (unpaired) electrons. The van der Waals surface area contributed by atoms with Crippen LogP contribution in [-0.4, -0.2) is 74.7 Å². The summed E-state index contributed by atoms with van der Waals surface area (Å²) in [6, 6.07) is 0. The van der Waals surface area contributed by atoms with Crippen LogP contribution in [-0.2, 0) is 0 Å². The molecule has 1 fully saturated rings. The Hall–Kier alpha value is -0.0800. The summed E-state index contributed by atoms with van der Waals surface area (Å²) in [5.41, 5.74) is 0. The van der Waals surface area contributed by atoms with E-state index in [1.165, 1.54) is 39.1 Å². The predicted molar refractivity (Wildman–Crippen MR) is 103 cm³/mol. The lowest BCUT2D eigenvalue weighted by Gasteiger charge is -2.34. The Balaban J connectivity index is 0.00000400. The fraction of sp³-hybridized carbons (Fsp3) is 0.933. The molecule has 0 aromatic heterocycles. The largest absolute Gasteiger partial charge is 0.357 e. The van der Waals surface area contributed by atoms with E-state index >= 15 is 0 Å². The van der Waals surface area contributed by atoms with Crippen LogP contribution in [0.15, 0.2) is 4.99 Å². The van der Waals surface area contributed by atoms with Gasteiger partial charge < -0.3 is 15.5 Å². The fourth-order valence-electron chi connectivity index (χ4n) is 2.35. The zero-order valence-corrected chi connectivity index (χ0v) is 16.4. The molecular formula is C15H34IN5. The maximum Gasteiger partial charge on any atom is 0.191 e. The summed E-state index contributed by atoms with van der Waals surface area (Å²) in [5.74, 6) is 0.966. The highest BCUT2D eigenvalue weighted by Gasteiger charge is 2.14. The maximum absolute atomic E-state index is 4.58. The number of hydrogen-bond acceptors (Lipinski definition) is 3. The third-order valence-electron chi connectivity index (χ3n) is 3.76. The van der Waals surface area contributed by atoms with E-state index in [1.807, 2.05) is 0 Å². The third-order valence-corrected chi connectivity index (χ3v) is 3.76. The Morgan fingerprint density at radius 3 is 2.24 bits per heavy atom. The second kappa shape index (κ2) is 13.6. The Kier molecular flexibility index (Phi) is 13.5. The first-order chi connectivity index (χ1) is 9.80. The molecule has 5 nitrogen and oxygen atoms in total. The van der Waals surface area contributed by atoms with Crippen LogP contribution >= 0.6 is 24.0 Å². The van der Waals surface area contributed by atoms with Gasteiger partial charge >= 0.3 is 0 Å². The van der Waals surface area contributed by atoms with Gasteiger partial charge in [-0.2, -0.15) is 0 Å². The monoisotopic (exact) mass is 411 g/mol. The summed E-state index contributed by atoms with van der Waals surface area (Å²) in [6.07, 6.45) is 2.36. The van der Waals surface area contributed by atoms with Gasteiger partial charge in [0.2, 0.25) is 0 Å². The molecule has 0 unspecified atom stereocenters. The minimum absolute atomic E-state index is 0. The first kappa shape index (κ1) is 20.9. The van der Waals surface area contributed by atoms with Crippen LogP contribution in [0.5, 0.6) is 0 Å². The number of aliphatic imine (C=N–C) groups is 1. The van der Waals surface area contributed by atoms with Crippen molar-refractivity contribution in [2.24, 2.45) is 4.99 Å². The van der Waals surface area contributed by atoms with Crippen molar-refractivity contribution in [3.63, 3.8) is 0 Å². The van der Waals surface area contributed by atoms with Gasteiger partial charge in [0, 0.05) is 52.4 Å². The zero-order valence-electron chi connectivity index (χ0n) is 14.0. The average molecular weight is 411 g/mol. The number of nitrogens with one attached hydrogen (secondary N) is 2. The van der Waals surface area contributed by atoms with Gasteiger partial charge in [0.1, 0.15) is 0 Å². The van der Waals surface area contributed by atoms with Gasteiger partial charge in [0.25, 0.3) is 0 Å². The van der Waals surface area contributed by atoms with Crippen molar-refractivity contribution in [3.8, 4) is 0 Å². The molecule has 1 heterocycles. The van der Waals surface area contributed by atoms with Crippen molar-refractivity contribution < 1.29 is 0 Å². The summed E-state index contributed by atoms with van der Waals surface area (Å²) in [7, 11) is 0. The van der Waals surface area contributed by atoms with Crippen molar-refractivity contribution in [1.29, 1.82) is 0 Å². The number of guanidine groups is 1. The normalized spacial score (nSPS) is 17.4. The van der Waals surface area contributed by atoms with Gasteiger partial charge in [-0.15, -0.1) is 24.0 Å². The predicted octanol–water partition coefficient (Wildman–Crippen LogP) is 1.60. The molecule has 1 aliphatic rings. The van der Waals surface area contributed by atoms with Crippen LogP contribution in [0.2, 0.25) is 0 Å². The topological polar surface area (TPSA) is 42.9 Å². The summed E-state index contributed by atoms with van der Waals surface area (Å²) in [4.78, 5) is 9.63. The molecule has 1 rings (SSSR count). The molecule has 0 bridgehead atoms. The second-order valence-corrected chi connectivity index (χ2v) is 5.32. The Bertz CT molecular complexity index is 265. The van der Waals surface area contributed by atoms with E-state index in [0.29, 0.717) is 0 Å². The van der Waals surface area contributed by atoms with Gasteiger partial charge in [-0.25, -0.2) is 0 Å². The lowest BCUT2D eigenvalue weighted by atomic mass is 10.3. The lowest BCUT2D eigenvalue weighted by molar-refractivity contribution is 0.139. The second-order valence-electron chi connectivity index (χ2n) is 5.32. The van der Waals surface area contributed by atoms with Crippen molar-refractivity contribution in [3.05, 3.63) is 0 Å². The number of likely N-dealkylation sites (N-methyl/N-ethyl adjacent to an activating group) is 1. The van der Waals surface area contributed by atoms with Crippen molar-refractivity contribution in [1.82, 2.24) is 20.4 Å². The van der Waals surface area contributed by atoms with Crippen LogP contribution in [0.3, 0.4) is 0 Å². The highest BCUT2D eigenvalue weighted by Crippen LogP contribution is 1.99. The van der Waals surface area contributed by atoms with Crippen molar-refractivity contribution in [2.75, 3.05) is 58.9 Å². The van der Waals surface area contributed by atoms with E-state index < -0.39 is 0 Å². The van der Waals surface area contributed by atoms with E-state index in [9.17, 15) is 0 Å². The highest BCUT2D eigenvalue weighted by atomic mass is 127. The Labute approximate surface area is 148 Å². The number of piperazine rings is 1. The van der Waals surface area contributed by atoms with Crippen LogP contribution in [0.25, 0.3) is 0 Å². The number of unbranched alkanes of at least 4 members (excludes halogenated alkanes) is 1. The molecule has 1 aliphatic heterocycles. The molecule has 0 aromatic carbocycles. The molecule has 21 heavy (non-hydrogen) atoms. The van der Waals surface area contributed by atoms with Crippen LogP contribution in [0.1, 0.15) is 33.6 Å². The van der Waals surface area contributed by atoms with Gasteiger partial charge in [0.15, 0.2) is 5.96 Å². The summed E-state index contributed by atoms with van der Waals surface area (Å²) in [5, 5.41) is 6.74. The van der Waals surface area contributed by atoms with Gasteiger partial charge in [-0.3, -0.25) is 9.89 Å². The average Bonchev–Trinajstić information content (AvgIpc) is 2.48. The molecule has 1 saturated heterocycles. The molecular weight excluding hydrogens is 377 g/mol. The van der Waals surface area contributed by atoms with Crippen LogP contribution in [0, 0.1) is 0 Å². The minimum Gasteiger partial charge on any atom is -0.357 e. The maximum atomic E-state index is 4.58. The fourth-order valence-corrected chi connectivity index (χ4v) is 2.35. The zero-order chi connectivity index (χ0) is 14.6. The van der Waals surface area contributed by atoms with E-state index in [2.05, 4.69) is 46.2 Å². The smallest absolute Gasteiger partial charge is 0.191 e. The molecule has 0 saturated carbocycles. The molecule has 0 amide bonds. The Morgan fingerprint density at radius 1 is 1.00 bits per heavy atom. The van der Waals surface area contributed by atoms with E-state index in [4.69, 9.17) is 0 Å². The van der Waals surface area contributed by atoms with Gasteiger partial charge in [-0.05, 0) is 19.9 Å². The van der Waals surface area contributed by atoms with E-state index in [1.54, 1.807) is 0 Å². The molecule has 6 heteroatoms. The summed E-state index contributed by atoms with van der Waals surface area (Å²) in [6.45, 7) is 16.5. The first-order valence-corrected chi connectivity index (χ1v) is 8.27. The highest BCUT2D eigenvalue weighted by molar-refractivity contribution is 14.0. The van der Waals surface area contributed by atoms with E-state index in [-0.39, 0.29) is 24.0 Å². The van der Waals surface area contributed by atoms with E-state index in [0.717, 1.165) is 38.6 Å². The quantitative estimate of drug-likeness (QED) is 0.276. The SMILES string of the molecule is CCCCN=C(NCC)NCCN1CCN(CC)CC1.I. The molecule has 0 atom stereocenters. The van der Waals surface area contributed by atoms with Crippen molar-refractivity contribution in [2.45, 2.75) is 33.6 Å². The molecule has 2 N–H and O–H groups in total. The summed E-state index contributed by atoms with van der Waals surface area (Å²) >= 11 is 0. The number of rotatable bonds is 8. The molecule has 0 spiro atoms. The minimum atomic E-state index is 0. The third kappa shape index (κ3) is 9.52. The van der Waals surface area contributed by atoms with Crippen LogP contribution in [0.4, 0.5) is 0 Å². The Morgan fingerprint density at radius 2 is 1.67 bits per heavy atom. The molecule has 0 aliphatic carbocycles. The molecule has 126 valence electrons. The van der Waals surface area contributed by atoms with Gasteiger partial charge in [-0.1, -0.05) is 20.3 Å². The van der Waals surface area contributed by atoms with Crippen LogP contribution < -0.4 is 10.6 Å². The first-order valence-electron chi connectivity index (χ1n) is 8.27. The number of hydrogen-bond donors (Lipinski definition) is 2. The molecule has 0 aromatic rings. The number of halogens is 1. The van der Waals surface area contributed by atoms with Crippen molar-refractivity contribution >= 4 is 29.9 Å². The summed E-state index contributed by atoms with van der Waals surface area (Å²) < 4.78 is 0. The standard InChI is InChI=1S/C15H33N5.HI/c1-4-7-8-17-15(16-5-2)18-9-10-20-13-11-19(6-3)12-14-20;/h4-14H2,1-3H3,(H2,16,17,18);1H. The number of nitrogens with zero attached hydrogens (tertiary/aromatic N) is 3. The van der Waals surface area contributed by atoms with Gasteiger partial charge in [0.05, 0.1) is 0 Å². The lowest BCUT2D eigenvalue weighted by Crippen LogP contribution is -2.49.